The Morgan fingerprint density at radius 3 is 2.50 bits per heavy atom. The van der Waals surface area contributed by atoms with Crippen LogP contribution in [0.5, 0.6) is 5.75 Å². The number of nitrogens with one attached hydrogen (secondary N) is 1. The van der Waals surface area contributed by atoms with E-state index < -0.39 is 12.0 Å². The summed E-state index contributed by atoms with van der Waals surface area (Å²) in [7, 11) is 0. The Labute approximate surface area is 164 Å². The first-order chi connectivity index (χ1) is 13.4. The lowest BCUT2D eigenvalue weighted by molar-refractivity contribution is -0.149. The molecule has 0 aliphatic carbocycles. The van der Waals surface area contributed by atoms with Crippen molar-refractivity contribution in [3.8, 4) is 5.75 Å². The van der Waals surface area contributed by atoms with Crippen LogP contribution >= 0.6 is 0 Å². The highest BCUT2D eigenvalue weighted by atomic mass is 16.6. The largest absolute Gasteiger partial charge is 0.494 e. The van der Waals surface area contributed by atoms with Crippen LogP contribution in [0, 0.1) is 5.92 Å². The van der Waals surface area contributed by atoms with E-state index in [1.54, 1.807) is 24.3 Å². The summed E-state index contributed by atoms with van der Waals surface area (Å²) in [6, 6.07) is 5.93. The number of hydrogen-bond acceptors (Lipinski definition) is 7. The summed E-state index contributed by atoms with van der Waals surface area (Å²) in [5, 5.41) is 6.54. The summed E-state index contributed by atoms with van der Waals surface area (Å²) in [6.45, 7) is 7.98. The highest BCUT2D eigenvalue weighted by Gasteiger charge is 2.26. The summed E-state index contributed by atoms with van der Waals surface area (Å²) in [4.78, 5) is 29.1. The van der Waals surface area contributed by atoms with Gasteiger partial charge in [0.2, 0.25) is 0 Å². The molecule has 152 valence electrons. The van der Waals surface area contributed by atoms with Gasteiger partial charge in [-0.1, -0.05) is 25.9 Å². The van der Waals surface area contributed by atoms with Gasteiger partial charge in [-0.15, -0.1) is 0 Å². The molecular formula is C20H27N3O5. The Hall–Kier alpha value is -2.90. The van der Waals surface area contributed by atoms with Crippen molar-refractivity contribution in [3.63, 3.8) is 0 Å². The van der Waals surface area contributed by atoms with Crippen LogP contribution in [0.4, 0.5) is 0 Å². The maximum atomic E-state index is 12.5. The van der Waals surface area contributed by atoms with Crippen LogP contribution in [0.1, 0.15) is 56.2 Å². The number of carbonyl (C=O) groups excluding carboxylic acids is 2. The lowest BCUT2D eigenvalue weighted by Gasteiger charge is -2.20. The normalized spacial score (nSPS) is 11.9. The lowest BCUT2D eigenvalue weighted by Crippen LogP contribution is -2.45. The first-order valence-electron chi connectivity index (χ1n) is 9.46. The van der Waals surface area contributed by atoms with E-state index in [2.05, 4.69) is 15.5 Å². The van der Waals surface area contributed by atoms with Crippen LogP contribution in [0.2, 0.25) is 0 Å². The number of rotatable bonds is 10. The molecule has 0 aliphatic heterocycles. The van der Waals surface area contributed by atoms with Crippen LogP contribution in [-0.4, -0.2) is 34.7 Å². The molecular weight excluding hydrogens is 362 g/mol. The summed E-state index contributed by atoms with van der Waals surface area (Å²) in [5.41, 5.74) is 0.433. The maximum Gasteiger partial charge on any atom is 0.329 e. The zero-order valence-corrected chi connectivity index (χ0v) is 16.7. The molecule has 0 saturated heterocycles. The molecule has 1 amide bonds. The molecule has 1 atom stereocenters. The minimum atomic E-state index is -0.794. The van der Waals surface area contributed by atoms with Gasteiger partial charge in [-0.2, -0.15) is 4.98 Å². The molecule has 2 rings (SSSR count). The predicted octanol–water partition coefficient (Wildman–Crippen LogP) is 2.92. The van der Waals surface area contributed by atoms with Crippen molar-refractivity contribution >= 4 is 11.9 Å². The zero-order chi connectivity index (χ0) is 20.5. The molecule has 1 aromatic carbocycles. The molecule has 0 aliphatic rings. The summed E-state index contributed by atoms with van der Waals surface area (Å²) in [6.07, 6.45) is 1.59. The number of benzene rings is 1. The second-order valence-corrected chi connectivity index (χ2v) is 6.61. The Balaban J connectivity index is 1.95. The van der Waals surface area contributed by atoms with Gasteiger partial charge in [-0.3, -0.25) is 4.79 Å². The number of aryl methyl sites for hydroxylation is 1. The van der Waals surface area contributed by atoms with Gasteiger partial charge < -0.3 is 19.3 Å². The monoisotopic (exact) mass is 389 g/mol. The lowest BCUT2D eigenvalue weighted by atomic mass is 10.0. The van der Waals surface area contributed by atoms with Crippen molar-refractivity contribution in [2.75, 3.05) is 6.61 Å². The zero-order valence-electron chi connectivity index (χ0n) is 16.7. The SMILES string of the molecule is CCCc1noc(COC(=O)[C@@H](NC(=O)c2ccc(OCC)cc2)C(C)C)n1. The third-order valence-corrected chi connectivity index (χ3v) is 3.96. The van der Waals surface area contributed by atoms with Gasteiger partial charge >= 0.3 is 5.97 Å². The number of aromatic nitrogens is 2. The molecule has 8 heteroatoms. The Bertz CT molecular complexity index is 770. The van der Waals surface area contributed by atoms with Gasteiger partial charge in [0.05, 0.1) is 6.61 Å². The van der Waals surface area contributed by atoms with Gasteiger partial charge in [0.15, 0.2) is 12.4 Å². The molecule has 0 saturated carbocycles. The first kappa shape index (κ1) is 21.4. The fourth-order valence-corrected chi connectivity index (χ4v) is 2.49. The van der Waals surface area contributed by atoms with Gasteiger partial charge in [0.25, 0.3) is 11.8 Å². The molecule has 28 heavy (non-hydrogen) atoms. The summed E-state index contributed by atoms with van der Waals surface area (Å²) in [5.74, 6) is 0.430. The first-order valence-corrected chi connectivity index (χ1v) is 9.46. The molecule has 0 radical (unpaired) electrons. The number of amides is 1. The Morgan fingerprint density at radius 1 is 1.18 bits per heavy atom. The number of hydrogen-bond donors (Lipinski definition) is 1. The number of esters is 1. The standard InChI is InChI=1S/C20H27N3O5/c1-5-7-16-21-17(28-23-16)12-27-20(25)18(13(3)4)22-19(24)14-8-10-15(11-9-14)26-6-2/h8-11,13,18H,5-7,12H2,1-4H3,(H,22,24)/t18-/m0/s1. The maximum absolute atomic E-state index is 12.5. The molecule has 0 bridgehead atoms. The third-order valence-electron chi connectivity index (χ3n) is 3.96. The smallest absolute Gasteiger partial charge is 0.329 e. The minimum Gasteiger partial charge on any atom is -0.494 e. The van der Waals surface area contributed by atoms with Crippen molar-refractivity contribution in [2.24, 2.45) is 5.92 Å². The number of ether oxygens (including phenoxy) is 2. The van der Waals surface area contributed by atoms with Gasteiger partial charge in [0.1, 0.15) is 11.8 Å². The van der Waals surface area contributed by atoms with E-state index in [9.17, 15) is 9.59 Å². The highest BCUT2D eigenvalue weighted by molar-refractivity contribution is 5.96. The molecule has 1 N–H and O–H groups in total. The molecule has 8 nitrogen and oxygen atoms in total. The van der Waals surface area contributed by atoms with Crippen LogP contribution in [0.25, 0.3) is 0 Å². The molecule has 1 heterocycles. The highest BCUT2D eigenvalue weighted by Crippen LogP contribution is 2.13. The molecule has 0 unspecified atom stereocenters. The molecule has 2 aromatic rings. The quantitative estimate of drug-likeness (QED) is 0.623. The van der Waals surface area contributed by atoms with E-state index >= 15 is 0 Å². The Kier molecular flexibility index (Phi) is 7.98. The fourth-order valence-electron chi connectivity index (χ4n) is 2.49. The predicted molar refractivity (Wildman–Crippen MR) is 102 cm³/mol. The number of nitrogens with zero attached hydrogens (tertiary/aromatic N) is 2. The van der Waals surface area contributed by atoms with Crippen LogP contribution in [0.15, 0.2) is 28.8 Å². The van der Waals surface area contributed by atoms with E-state index in [-0.39, 0.29) is 24.3 Å². The van der Waals surface area contributed by atoms with E-state index in [4.69, 9.17) is 14.0 Å². The molecule has 0 fully saturated rings. The van der Waals surface area contributed by atoms with Crippen molar-refractivity contribution in [3.05, 3.63) is 41.5 Å². The third kappa shape index (κ3) is 6.07. The summed E-state index contributed by atoms with van der Waals surface area (Å²) < 4.78 is 15.7. The minimum absolute atomic E-state index is 0.127. The average Bonchev–Trinajstić information content (AvgIpc) is 3.12. The molecule has 0 spiro atoms. The van der Waals surface area contributed by atoms with E-state index in [0.29, 0.717) is 30.2 Å². The average molecular weight is 389 g/mol. The van der Waals surface area contributed by atoms with E-state index in [0.717, 1.165) is 6.42 Å². The second-order valence-electron chi connectivity index (χ2n) is 6.61. The van der Waals surface area contributed by atoms with Crippen LogP contribution in [0.3, 0.4) is 0 Å². The van der Waals surface area contributed by atoms with Crippen LogP contribution < -0.4 is 10.1 Å². The van der Waals surface area contributed by atoms with Gasteiger partial charge in [0, 0.05) is 12.0 Å². The fraction of sp³-hybridized carbons (Fsp3) is 0.500. The summed E-state index contributed by atoms with van der Waals surface area (Å²) >= 11 is 0. The van der Waals surface area contributed by atoms with Crippen molar-refractivity contribution < 1.29 is 23.6 Å². The van der Waals surface area contributed by atoms with Crippen LogP contribution in [-0.2, 0) is 22.6 Å². The Morgan fingerprint density at radius 2 is 1.89 bits per heavy atom. The van der Waals surface area contributed by atoms with E-state index in [1.807, 2.05) is 27.7 Å². The number of carbonyl (C=O) groups is 2. The van der Waals surface area contributed by atoms with Gasteiger partial charge in [-0.05, 0) is 43.5 Å². The van der Waals surface area contributed by atoms with Crippen molar-refractivity contribution in [1.82, 2.24) is 15.5 Å². The van der Waals surface area contributed by atoms with Crippen molar-refractivity contribution in [1.29, 1.82) is 0 Å². The molecule has 1 aromatic heterocycles. The van der Waals surface area contributed by atoms with Crippen molar-refractivity contribution in [2.45, 2.75) is 53.2 Å². The topological polar surface area (TPSA) is 104 Å². The second kappa shape index (κ2) is 10.4. The van der Waals surface area contributed by atoms with Gasteiger partial charge in [-0.25, -0.2) is 4.79 Å². The van der Waals surface area contributed by atoms with E-state index in [1.165, 1.54) is 0 Å².